The number of amides is 1. The third-order valence-corrected chi connectivity index (χ3v) is 5.11. The van der Waals surface area contributed by atoms with Crippen LogP contribution in [0.2, 0.25) is 0 Å². The number of carbonyl (C=O) groups excluding carboxylic acids is 2. The van der Waals surface area contributed by atoms with Gasteiger partial charge in [0.25, 0.3) is 5.91 Å². The summed E-state index contributed by atoms with van der Waals surface area (Å²) in [5.74, 6) is -0.573. The summed E-state index contributed by atoms with van der Waals surface area (Å²) in [5.41, 5.74) is 0.717. The SMILES string of the molecule is COC(=O)c1cncc(C(=O)N2CCC[C@H]2c2ccc(C)s2)c1. The van der Waals surface area contributed by atoms with Gasteiger partial charge >= 0.3 is 5.97 Å². The van der Waals surface area contributed by atoms with Crippen LogP contribution in [0.15, 0.2) is 30.6 Å². The van der Waals surface area contributed by atoms with Crippen LogP contribution in [0, 0.1) is 6.92 Å². The molecule has 1 atom stereocenters. The maximum atomic E-state index is 12.8. The Bertz CT molecular complexity index is 741. The van der Waals surface area contributed by atoms with Gasteiger partial charge in [-0.3, -0.25) is 9.78 Å². The smallest absolute Gasteiger partial charge is 0.339 e. The van der Waals surface area contributed by atoms with Crippen LogP contribution in [0.25, 0.3) is 0 Å². The monoisotopic (exact) mass is 330 g/mol. The van der Waals surface area contributed by atoms with Crippen LogP contribution in [-0.2, 0) is 4.74 Å². The first-order valence-corrected chi connectivity index (χ1v) is 8.32. The lowest BCUT2D eigenvalue weighted by Gasteiger charge is -2.24. The molecule has 0 bridgehead atoms. The lowest BCUT2D eigenvalue weighted by molar-refractivity contribution is 0.0600. The van der Waals surface area contributed by atoms with Crippen molar-refractivity contribution in [1.29, 1.82) is 0 Å². The van der Waals surface area contributed by atoms with Crippen LogP contribution < -0.4 is 0 Å². The van der Waals surface area contributed by atoms with E-state index in [1.165, 1.54) is 29.3 Å². The molecule has 23 heavy (non-hydrogen) atoms. The predicted molar refractivity (Wildman–Crippen MR) is 87.6 cm³/mol. The minimum atomic E-state index is -0.487. The summed E-state index contributed by atoms with van der Waals surface area (Å²) in [4.78, 5) is 32.8. The number of thiophene rings is 1. The maximum Gasteiger partial charge on any atom is 0.339 e. The first-order chi connectivity index (χ1) is 11.1. The maximum absolute atomic E-state index is 12.8. The van der Waals surface area contributed by atoms with Crippen molar-refractivity contribution in [2.75, 3.05) is 13.7 Å². The zero-order chi connectivity index (χ0) is 16.4. The molecule has 120 valence electrons. The number of hydrogen-bond donors (Lipinski definition) is 0. The van der Waals surface area contributed by atoms with E-state index >= 15 is 0 Å². The van der Waals surface area contributed by atoms with E-state index in [9.17, 15) is 9.59 Å². The Morgan fingerprint density at radius 1 is 1.30 bits per heavy atom. The second-order valence-electron chi connectivity index (χ2n) is 5.56. The van der Waals surface area contributed by atoms with Crippen molar-refractivity contribution in [2.24, 2.45) is 0 Å². The lowest BCUT2D eigenvalue weighted by atomic mass is 10.1. The van der Waals surface area contributed by atoms with E-state index in [0.717, 1.165) is 19.4 Å². The molecule has 0 aliphatic carbocycles. The number of hydrogen-bond acceptors (Lipinski definition) is 5. The van der Waals surface area contributed by atoms with Gasteiger partial charge in [0.2, 0.25) is 0 Å². The van der Waals surface area contributed by atoms with Crippen molar-refractivity contribution in [3.8, 4) is 0 Å². The van der Waals surface area contributed by atoms with Crippen molar-refractivity contribution < 1.29 is 14.3 Å². The molecule has 0 spiro atoms. The summed E-state index contributed by atoms with van der Waals surface area (Å²) in [6.45, 7) is 2.79. The van der Waals surface area contributed by atoms with Gasteiger partial charge in [-0.1, -0.05) is 0 Å². The average molecular weight is 330 g/mol. The predicted octanol–water partition coefficient (Wildman–Crippen LogP) is 3.22. The summed E-state index contributed by atoms with van der Waals surface area (Å²) >= 11 is 1.73. The van der Waals surface area contributed by atoms with Crippen molar-refractivity contribution in [2.45, 2.75) is 25.8 Å². The van der Waals surface area contributed by atoms with Gasteiger partial charge in [-0.2, -0.15) is 0 Å². The fourth-order valence-electron chi connectivity index (χ4n) is 2.89. The highest BCUT2D eigenvalue weighted by molar-refractivity contribution is 7.12. The van der Waals surface area contributed by atoms with E-state index in [4.69, 9.17) is 0 Å². The molecular formula is C17H18N2O3S. The minimum Gasteiger partial charge on any atom is -0.465 e. The zero-order valence-electron chi connectivity index (χ0n) is 13.1. The van der Waals surface area contributed by atoms with E-state index < -0.39 is 5.97 Å². The largest absolute Gasteiger partial charge is 0.465 e. The Morgan fingerprint density at radius 3 is 2.78 bits per heavy atom. The topological polar surface area (TPSA) is 59.5 Å². The number of aryl methyl sites for hydroxylation is 1. The Balaban J connectivity index is 1.86. The summed E-state index contributed by atoms with van der Waals surface area (Å²) < 4.78 is 4.69. The number of nitrogens with zero attached hydrogens (tertiary/aromatic N) is 2. The first kappa shape index (κ1) is 15.7. The van der Waals surface area contributed by atoms with Gasteiger partial charge in [-0.05, 0) is 38.0 Å². The number of esters is 1. The van der Waals surface area contributed by atoms with Crippen LogP contribution in [-0.4, -0.2) is 35.4 Å². The Morgan fingerprint density at radius 2 is 2.09 bits per heavy atom. The van der Waals surface area contributed by atoms with E-state index in [0.29, 0.717) is 11.1 Å². The molecular weight excluding hydrogens is 312 g/mol. The summed E-state index contributed by atoms with van der Waals surface area (Å²) in [6, 6.07) is 5.85. The third kappa shape index (κ3) is 3.12. The van der Waals surface area contributed by atoms with Crippen molar-refractivity contribution in [3.05, 3.63) is 51.5 Å². The van der Waals surface area contributed by atoms with Crippen LogP contribution in [0.4, 0.5) is 0 Å². The fourth-order valence-corrected chi connectivity index (χ4v) is 3.92. The number of aromatic nitrogens is 1. The van der Waals surface area contributed by atoms with E-state index in [-0.39, 0.29) is 11.9 Å². The molecule has 2 aromatic heterocycles. The highest BCUT2D eigenvalue weighted by atomic mass is 32.1. The summed E-state index contributed by atoms with van der Waals surface area (Å²) in [6.07, 6.45) is 4.86. The van der Waals surface area contributed by atoms with E-state index in [1.54, 1.807) is 17.4 Å². The highest BCUT2D eigenvalue weighted by Crippen LogP contribution is 2.36. The molecule has 5 nitrogen and oxygen atoms in total. The molecule has 3 heterocycles. The molecule has 1 amide bonds. The number of pyridine rings is 1. The molecule has 2 aromatic rings. The number of methoxy groups -OCH3 is 1. The summed E-state index contributed by atoms with van der Waals surface area (Å²) in [7, 11) is 1.31. The Kier molecular flexibility index (Phi) is 4.43. The Hall–Kier alpha value is -2.21. The number of rotatable bonds is 3. The van der Waals surface area contributed by atoms with Gasteiger partial charge in [0.15, 0.2) is 0 Å². The third-order valence-electron chi connectivity index (χ3n) is 4.01. The standard InChI is InChI=1S/C17H18N2O3S/c1-11-5-6-15(23-11)14-4-3-7-19(14)16(20)12-8-13(10-18-9-12)17(21)22-2/h5-6,8-10,14H,3-4,7H2,1-2H3/t14-/m0/s1. The molecule has 1 aliphatic heterocycles. The normalized spacial score (nSPS) is 17.3. The summed E-state index contributed by atoms with van der Waals surface area (Å²) in [5, 5.41) is 0. The molecule has 3 rings (SSSR count). The number of likely N-dealkylation sites (tertiary alicyclic amines) is 1. The van der Waals surface area contributed by atoms with E-state index in [2.05, 4.69) is 28.8 Å². The van der Waals surface area contributed by atoms with Gasteiger partial charge < -0.3 is 9.64 Å². The fraction of sp³-hybridized carbons (Fsp3) is 0.353. The molecule has 6 heteroatoms. The zero-order valence-corrected chi connectivity index (χ0v) is 13.9. The number of ether oxygens (including phenoxy) is 1. The average Bonchev–Trinajstić information content (AvgIpc) is 3.22. The lowest BCUT2D eigenvalue weighted by Crippen LogP contribution is -2.30. The molecule has 0 saturated carbocycles. The quantitative estimate of drug-likeness (QED) is 0.811. The van der Waals surface area contributed by atoms with Crippen LogP contribution in [0.5, 0.6) is 0 Å². The van der Waals surface area contributed by atoms with Crippen molar-refractivity contribution in [1.82, 2.24) is 9.88 Å². The number of carbonyl (C=O) groups is 2. The highest BCUT2D eigenvalue weighted by Gasteiger charge is 2.31. The molecule has 0 aromatic carbocycles. The molecule has 0 radical (unpaired) electrons. The first-order valence-electron chi connectivity index (χ1n) is 7.51. The molecule has 1 saturated heterocycles. The molecule has 0 unspecified atom stereocenters. The Labute approximate surface area is 138 Å². The van der Waals surface area contributed by atoms with Gasteiger partial charge in [0.1, 0.15) is 0 Å². The van der Waals surface area contributed by atoms with Gasteiger partial charge in [0, 0.05) is 28.7 Å². The van der Waals surface area contributed by atoms with Crippen molar-refractivity contribution >= 4 is 23.2 Å². The van der Waals surface area contributed by atoms with Crippen molar-refractivity contribution in [3.63, 3.8) is 0 Å². The van der Waals surface area contributed by atoms with E-state index in [1.807, 2.05) is 4.90 Å². The van der Waals surface area contributed by atoms with Gasteiger partial charge in [-0.25, -0.2) is 4.79 Å². The molecule has 1 fully saturated rings. The van der Waals surface area contributed by atoms with Gasteiger partial charge in [-0.15, -0.1) is 11.3 Å². The second kappa shape index (κ2) is 6.50. The second-order valence-corrected chi connectivity index (χ2v) is 6.88. The molecule has 0 N–H and O–H groups in total. The molecule has 1 aliphatic rings. The van der Waals surface area contributed by atoms with Crippen LogP contribution >= 0.6 is 11.3 Å². The van der Waals surface area contributed by atoms with Crippen LogP contribution in [0.3, 0.4) is 0 Å². The van der Waals surface area contributed by atoms with Gasteiger partial charge in [0.05, 0.1) is 24.3 Å². The van der Waals surface area contributed by atoms with Crippen LogP contribution in [0.1, 0.15) is 49.4 Å². The minimum absolute atomic E-state index is 0.0863.